The van der Waals surface area contributed by atoms with Crippen molar-refractivity contribution >= 4 is 17.8 Å². The van der Waals surface area contributed by atoms with E-state index >= 15 is 0 Å². The van der Waals surface area contributed by atoms with Crippen molar-refractivity contribution in [1.82, 2.24) is 5.32 Å². The molecule has 1 amide bonds. The molecule has 0 bridgehead atoms. The summed E-state index contributed by atoms with van der Waals surface area (Å²) in [7, 11) is 1.30. The Morgan fingerprint density at radius 3 is 2.12 bits per heavy atom. The van der Waals surface area contributed by atoms with Crippen molar-refractivity contribution in [1.29, 1.82) is 5.26 Å². The standard InChI is InChI=1S/C19H16N2O5/c1-25-18(23)15-8-4-14(5-9-15)11-21-17(22)12-26-19(24)16-6-2-13(10-20)3-7-16/h2-9H,11-12H2,1H3,(H,21,22). The molecule has 132 valence electrons. The minimum atomic E-state index is -0.646. The van der Waals surface area contributed by atoms with Crippen molar-refractivity contribution in [3.05, 3.63) is 70.8 Å². The Kier molecular flexibility index (Phi) is 6.46. The normalized spacial score (nSPS) is 9.69. The predicted molar refractivity (Wildman–Crippen MR) is 91.1 cm³/mol. The maximum atomic E-state index is 11.8. The summed E-state index contributed by atoms with van der Waals surface area (Å²) in [6.07, 6.45) is 0. The molecule has 2 aromatic rings. The van der Waals surface area contributed by atoms with E-state index in [0.717, 1.165) is 5.56 Å². The molecule has 1 N–H and O–H groups in total. The summed E-state index contributed by atoms with van der Waals surface area (Å²) in [5, 5.41) is 11.3. The predicted octanol–water partition coefficient (Wildman–Crippen LogP) is 1.82. The van der Waals surface area contributed by atoms with Gasteiger partial charge in [-0.3, -0.25) is 4.79 Å². The second kappa shape index (κ2) is 8.99. The summed E-state index contributed by atoms with van der Waals surface area (Å²) in [4.78, 5) is 34.9. The van der Waals surface area contributed by atoms with E-state index in [1.54, 1.807) is 24.3 Å². The first-order valence-electron chi connectivity index (χ1n) is 7.64. The van der Waals surface area contributed by atoms with Gasteiger partial charge in [-0.15, -0.1) is 0 Å². The number of ether oxygens (including phenoxy) is 2. The molecule has 2 rings (SSSR count). The van der Waals surface area contributed by atoms with Gasteiger partial charge in [0.2, 0.25) is 0 Å². The van der Waals surface area contributed by atoms with Crippen LogP contribution in [0.4, 0.5) is 0 Å². The lowest BCUT2D eigenvalue weighted by atomic mass is 10.1. The molecule has 0 aliphatic carbocycles. The molecule has 26 heavy (non-hydrogen) atoms. The molecule has 0 radical (unpaired) electrons. The summed E-state index contributed by atoms with van der Waals surface area (Å²) in [6.45, 7) is -0.187. The first-order chi connectivity index (χ1) is 12.5. The van der Waals surface area contributed by atoms with Crippen molar-refractivity contribution < 1.29 is 23.9 Å². The van der Waals surface area contributed by atoms with Gasteiger partial charge in [-0.1, -0.05) is 12.1 Å². The van der Waals surface area contributed by atoms with Crippen LogP contribution in [0, 0.1) is 11.3 Å². The molecule has 0 unspecified atom stereocenters. The zero-order valence-electron chi connectivity index (χ0n) is 14.0. The zero-order valence-corrected chi connectivity index (χ0v) is 14.0. The zero-order chi connectivity index (χ0) is 18.9. The molecule has 0 atom stereocenters. The Bertz CT molecular complexity index is 836. The number of carbonyl (C=O) groups excluding carboxylic acids is 3. The maximum Gasteiger partial charge on any atom is 0.338 e. The molecular formula is C19H16N2O5. The summed E-state index contributed by atoms with van der Waals surface area (Å²) in [5.41, 5.74) is 1.89. The first kappa shape index (κ1) is 18.7. The highest BCUT2D eigenvalue weighted by Gasteiger charge is 2.10. The lowest BCUT2D eigenvalue weighted by molar-refractivity contribution is -0.124. The van der Waals surface area contributed by atoms with Crippen LogP contribution in [0.1, 0.15) is 31.8 Å². The van der Waals surface area contributed by atoms with Gasteiger partial charge in [0, 0.05) is 6.54 Å². The van der Waals surface area contributed by atoms with E-state index in [4.69, 9.17) is 10.00 Å². The number of nitrogens with zero attached hydrogens (tertiary/aromatic N) is 1. The number of esters is 2. The Labute approximate surface area is 150 Å². The van der Waals surface area contributed by atoms with Crippen molar-refractivity contribution in [2.45, 2.75) is 6.54 Å². The molecule has 0 saturated carbocycles. The second-order valence-corrected chi connectivity index (χ2v) is 5.23. The summed E-state index contributed by atoms with van der Waals surface area (Å²) < 4.78 is 9.53. The van der Waals surface area contributed by atoms with Gasteiger partial charge in [-0.05, 0) is 42.0 Å². The summed E-state index contributed by atoms with van der Waals surface area (Å²) in [5.74, 6) is -1.54. The smallest absolute Gasteiger partial charge is 0.338 e. The Balaban J connectivity index is 1.78. The molecule has 0 aliphatic heterocycles. The van der Waals surface area contributed by atoms with Crippen LogP contribution in [0.5, 0.6) is 0 Å². The number of methoxy groups -OCH3 is 1. The number of carbonyl (C=O) groups is 3. The highest BCUT2D eigenvalue weighted by atomic mass is 16.5. The van der Waals surface area contributed by atoms with E-state index in [2.05, 4.69) is 10.1 Å². The minimum Gasteiger partial charge on any atom is -0.465 e. The van der Waals surface area contributed by atoms with Crippen LogP contribution in [0.25, 0.3) is 0 Å². The molecule has 2 aromatic carbocycles. The van der Waals surface area contributed by atoms with Crippen LogP contribution < -0.4 is 5.32 Å². The van der Waals surface area contributed by atoms with E-state index in [0.29, 0.717) is 11.1 Å². The third-order valence-corrected chi connectivity index (χ3v) is 3.45. The number of hydrogen-bond donors (Lipinski definition) is 1. The summed E-state index contributed by atoms with van der Waals surface area (Å²) >= 11 is 0. The van der Waals surface area contributed by atoms with Gasteiger partial charge in [-0.2, -0.15) is 5.26 Å². The molecule has 7 nitrogen and oxygen atoms in total. The largest absolute Gasteiger partial charge is 0.465 e. The van der Waals surface area contributed by atoms with Crippen molar-refractivity contribution in [3.8, 4) is 6.07 Å². The van der Waals surface area contributed by atoms with Crippen molar-refractivity contribution in [3.63, 3.8) is 0 Å². The minimum absolute atomic E-state index is 0.231. The fourth-order valence-corrected chi connectivity index (χ4v) is 2.02. The summed E-state index contributed by atoms with van der Waals surface area (Å²) in [6, 6.07) is 14.4. The SMILES string of the molecule is COC(=O)c1ccc(CNC(=O)COC(=O)c2ccc(C#N)cc2)cc1. The fourth-order valence-electron chi connectivity index (χ4n) is 2.02. The quantitative estimate of drug-likeness (QED) is 0.795. The Hall–Kier alpha value is -3.66. The molecule has 0 fully saturated rings. The monoisotopic (exact) mass is 352 g/mol. The lowest BCUT2D eigenvalue weighted by Gasteiger charge is -2.07. The van der Waals surface area contributed by atoms with Crippen LogP contribution >= 0.6 is 0 Å². The third kappa shape index (κ3) is 5.18. The number of nitrogens with one attached hydrogen (secondary N) is 1. The van der Waals surface area contributed by atoms with Gasteiger partial charge in [0.25, 0.3) is 5.91 Å². The van der Waals surface area contributed by atoms with Crippen molar-refractivity contribution in [2.75, 3.05) is 13.7 Å². The Morgan fingerprint density at radius 1 is 0.962 bits per heavy atom. The second-order valence-electron chi connectivity index (χ2n) is 5.23. The molecule has 7 heteroatoms. The number of rotatable bonds is 6. The van der Waals surface area contributed by atoms with Gasteiger partial charge < -0.3 is 14.8 Å². The highest BCUT2D eigenvalue weighted by Crippen LogP contribution is 2.06. The molecular weight excluding hydrogens is 336 g/mol. The van der Waals surface area contributed by atoms with Gasteiger partial charge in [0.15, 0.2) is 6.61 Å². The van der Waals surface area contributed by atoms with Crippen molar-refractivity contribution in [2.24, 2.45) is 0 Å². The fraction of sp³-hybridized carbons (Fsp3) is 0.158. The van der Waals surface area contributed by atoms with Gasteiger partial charge in [0.1, 0.15) is 0 Å². The van der Waals surface area contributed by atoms with Gasteiger partial charge in [-0.25, -0.2) is 9.59 Å². The van der Waals surface area contributed by atoms with E-state index in [-0.39, 0.29) is 12.1 Å². The van der Waals surface area contributed by atoms with E-state index in [1.165, 1.54) is 31.4 Å². The van der Waals surface area contributed by atoms with Gasteiger partial charge in [0.05, 0.1) is 29.9 Å². The third-order valence-electron chi connectivity index (χ3n) is 3.45. The van der Waals surface area contributed by atoms with Crippen LogP contribution in [0.15, 0.2) is 48.5 Å². The average molecular weight is 352 g/mol. The van der Waals surface area contributed by atoms with E-state index < -0.39 is 24.5 Å². The number of hydrogen-bond acceptors (Lipinski definition) is 6. The van der Waals surface area contributed by atoms with E-state index in [1.807, 2.05) is 6.07 Å². The topological polar surface area (TPSA) is 105 Å². The molecule has 0 saturated heterocycles. The number of nitriles is 1. The first-order valence-corrected chi connectivity index (χ1v) is 7.64. The maximum absolute atomic E-state index is 11.8. The van der Waals surface area contributed by atoms with E-state index in [9.17, 15) is 14.4 Å². The molecule has 0 heterocycles. The van der Waals surface area contributed by atoms with Gasteiger partial charge >= 0.3 is 11.9 Å². The van der Waals surface area contributed by atoms with Crippen LogP contribution in [0.2, 0.25) is 0 Å². The van der Waals surface area contributed by atoms with Crippen LogP contribution in [-0.4, -0.2) is 31.6 Å². The number of amides is 1. The molecule has 0 aromatic heterocycles. The number of benzene rings is 2. The Morgan fingerprint density at radius 2 is 1.54 bits per heavy atom. The van der Waals surface area contributed by atoms with Crippen LogP contribution in [0.3, 0.4) is 0 Å². The van der Waals surface area contributed by atoms with Crippen LogP contribution in [-0.2, 0) is 20.8 Å². The highest BCUT2D eigenvalue weighted by molar-refractivity contribution is 5.91. The lowest BCUT2D eigenvalue weighted by Crippen LogP contribution is -2.28. The molecule has 0 spiro atoms. The average Bonchev–Trinajstić information content (AvgIpc) is 2.70. The molecule has 0 aliphatic rings.